The fraction of sp³-hybridized carbons (Fsp3) is 0.0417. The molecule has 0 spiro atoms. The number of nitrogens with zero attached hydrogens (tertiary/aromatic N) is 2. The first-order valence-electron chi connectivity index (χ1n) is 9.54. The van der Waals surface area contributed by atoms with Crippen LogP contribution in [0.25, 0.3) is 20.8 Å². The summed E-state index contributed by atoms with van der Waals surface area (Å²) in [4.78, 5) is 17.1. The smallest absolute Gasteiger partial charge is 0.267 e. The van der Waals surface area contributed by atoms with Gasteiger partial charge in [0.25, 0.3) is 5.91 Å². The van der Waals surface area contributed by atoms with Gasteiger partial charge >= 0.3 is 0 Å². The molecule has 1 heterocycles. The number of anilines is 2. The number of hydrogen-bond donors (Lipinski definition) is 2. The van der Waals surface area contributed by atoms with Crippen molar-refractivity contribution in [2.24, 2.45) is 0 Å². The Morgan fingerprint density at radius 3 is 2.59 bits per heavy atom. The minimum Gasteiger partial charge on any atom is -0.360 e. The molecule has 1 amide bonds. The van der Waals surface area contributed by atoms with Gasteiger partial charge in [0.15, 0.2) is 0 Å². The first-order valence-corrected chi connectivity index (χ1v) is 11.1. The first kappa shape index (κ1) is 21.8. The predicted molar refractivity (Wildman–Crippen MR) is 132 cm³/mol. The normalized spacial score (nSPS) is 11.2. The molecular formula is C24H16Cl2N4OS. The maximum atomic E-state index is 12.4. The van der Waals surface area contributed by atoms with E-state index in [1.54, 1.807) is 23.5 Å². The van der Waals surface area contributed by atoms with Crippen LogP contribution < -0.4 is 10.6 Å². The molecule has 0 saturated carbocycles. The number of benzene rings is 3. The highest BCUT2D eigenvalue weighted by Gasteiger charge is 2.12. The van der Waals surface area contributed by atoms with E-state index in [0.717, 1.165) is 26.5 Å². The number of halogens is 2. The van der Waals surface area contributed by atoms with Gasteiger partial charge < -0.3 is 10.6 Å². The van der Waals surface area contributed by atoms with Crippen LogP contribution in [0, 0.1) is 18.3 Å². The Balaban J connectivity index is 1.46. The Bertz CT molecular complexity index is 1390. The van der Waals surface area contributed by atoms with Crippen molar-refractivity contribution in [3.8, 4) is 16.6 Å². The number of hydrogen-bond acceptors (Lipinski definition) is 5. The Hall–Kier alpha value is -3.37. The lowest BCUT2D eigenvalue weighted by Crippen LogP contribution is -2.14. The number of fused-ring (bicyclic) bond motifs is 1. The van der Waals surface area contributed by atoms with E-state index in [-0.39, 0.29) is 10.6 Å². The summed E-state index contributed by atoms with van der Waals surface area (Å²) in [7, 11) is 0. The van der Waals surface area contributed by atoms with Gasteiger partial charge in [-0.3, -0.25) is 4.79 Å². The number of carbonyl (C=O) groups is 1. The summed E-state index contributed by atoms with van der Waals surface area (Å²) in [5.74, 6) is -0.578. The topological polar surface area (TPSA) is 77.8 Å². The lowest BCUT2D eigenvalue weighted by atomic mass is 10.2. The van der Waals surface area contributed by atoms with Gasteiger partial charge in [0.1, 0.15) is 16.6 Å². The Morgan fingerprint density at radius 1 is 1.09 bits per heavy atom. The third kappa shape index (κ3) is 4.92. The molecule has 0 fully saturated rings. The summed E-state index contributed by atoms with van der Waals surface area (Å²) in [5, 5.41) is 16.6. The van der Waals surface area contributed by atoms with Gasteiger partial charge in [-0.2, -0.15) is 5.26 Å². The summed E-state index contributed by atoms with van der Waals surface area (Å²) in [6, 6.07) is 20.4. The molecule has 0 atom stereocenters. The Kier molecular flexibility index (Phi) is 6.42. The zero-order chi connectivity index (χ0) is 22.7. The zero-order valence-corrected chi connectivity index (χ0v) is 19.1. The number of nitriles is 1. The molecule has 32 heavy (non-hydrogen) atoms. The van der Waals surface area contributed by atoms with Crippen molar-refractivity contribution in [3.05, 3.63) is 88.0 Å². The molecule has 0 aliphatic carbocycles. The van der Waals surface area contributed by atoms with E-state index in [1.807, 2.05) is 36.4 Å². The predicted octanol–water partition coefficient (Wildman–Crippen LogP) is 7.04. The number of aromatic nitrogens is 1. The molecule has 0 aliphatic heterocycles. The molecule has 5 nitrogen and oxygen atoms in total. The van der Waals surface area contributed by atoms with E-state index in [9.17, 15) is 10.1 Å². The maximum absolute atomic E-state index is 12.4. The van der Waals surface area contributed by atoms with Gasteiger partial charge in [-0.15, -0.1) is 11.3 Å². The third-order valence-electron chi connectivity index (χ3n) is 4.60. The summed E-state index contributed by atoms with van der Waals surface area (Å²) in [6.07, 6.45) is 1.36. The molecule has 1 aromatic heterocycles. The average Bonchev–Trinajstić information content (AvgIpc) is 3.20. The quantitative estimate of drug-likeness (QED) is 0.238. The lowest BCUT2D eigenvalue weighted by Gasteiger charge is -2.07. The number of amides is 1. The third-order valence-corrected chi connectivity index (χ3v) is 6.22. The van der Waals surface area contributed by atoms with Gasteiger partial charge in [0.05, 0.1) is 20.9 Å². The van der Waals surface area contributed by atoms with Crippen LogP contribution in [-0.4, -0.2) is 10.9 Å². The number of nitrogens with one attached hydrogen (secondary N) is 2. The highest BCUT2D eigenvalue weighted by atomic mass is 35.5. The van der Waals surface area contributed by atoms with Crippen LogP contribution in [0.2, 0.25) is 10.0 Å². The van der Waals surface area contributed by atoms with Crippen molar-refractivity contribution < 1.29 is 4.79 Å². The van der Waals surface area contributed by atoms with E-state index in [2.05, 4.69) is 34.7 Å². The SMILES string of the molecule is Cc1ccc2nc(-c3ccc(N/C=C(/C#N)C(=O)Nc4ccc(Cl)cc4Cl)cc3)sc2c1. The minimum absolute atomic E-state index is 0.0957. The van der Waals surface area contributed by atoms with E-state index in [1.165, 1.54) is 17.8 Å². The lowest BCUT2D eigenvalue weighted by molar-refractivity contribution is -0.112. The van der Waals surface area contributed by atoms with Gasteiger partial charge in [-0.25, -0.2) is 4.98 Å². The average molecular weight is 479 g/mol. The molecule has 0 radical (unpaired) electrons. The van der Waals surface area contributed by atoms with Crippen molar-refractivity contribution in [2.75, 3.05) is 10.6 Å². The highest BCUT2D eigenvalue weighted by molar-refractivity contribution is 7.21. The maximum Gasteiger partial charge on any atom is 0.267 e. The van der Waals surface area contributed by atoms with Crippen LogP contribution in [0.1, 0.15) is 5.56 Å². The Labute approximate surface area is 198 Å². The van der Waals surface area contributed by atoms with Crippen LogP contribution >= 0.6 is 34.5 Å². The minimum atomic E-state index is -0.578. The molecule has 8 heteroatoms. The van der Waals surface area contributed by atoms with Crippen LogP contribution in [0.3, 0.4) is 0 Å². The summed E-state index contributed by atoms with van der Waals surface area (Å²) in [6.45, 7) is 2.06. The van der Waals surface area contributed by atoms with Crippen LogP contribution in [0.5, 0.6) is 0 Å². The van der Waals surface area contributed by atoms with Gasteiger partial charge in [0, 0.05) is 22.5 Å². The Morgan fingerprint density at radius 2 is 1.88 bits per heavy atom. The van der Waals surface area contributed by atoms with Crippen molar-refractivity contribution in [1.29, 1.82) is 5.26 Å². The molecule has 0 bridgehead atoms. The molecule has 0 aliphatic rings. The number of thiazole rings is 1. The van der Waals surface area contributed by atoms with Gasteiger partial charge in [-0.05, 0) is 67.1 Å². The first-order chi connectivity index (χ1) is 15.4. The standard InChI is InChI=1S/C24H16Cl2N4OS/c1-14-2-8-21-22(10-14)32-24(30-21)15-3-6-18(7-4-15)28-13-16(12-27)23(31)29-20-9-5-17(25)11-19(20)26/h2-11,13,28H,1H3,(H,29,31)/b16-13-. The fourth-order valence-corrected chi connectivity index (χ4v) is 4.47. The molecule has 3 aromatic carbocycles. The molecule has 158 valence electrons. The summed E-state index contributed by atoms with van der Waals surface area (Å²) < 4.78 is 1.15. The van der Waals surface area contributed by atoms with E-state index in [4.69, 9.17) is 23.2 Å². The molecular weight excluding hydrogens is 463 g/mol. The largest absolute Gasteiger partial charge is 0.360 e. The molecule has 4 rings (SSSR count). The van der Waals surface area contributed by atoms with Gasteiger partial charge in [0.2, 0.25) is 0 Å². The second-order valence-electron chi connectivity index (χ2n) is 6.96. The molecule has 2 N–H and O–H groups in total. The number of rotatable bonds is 5. The summed E-state index contributed by atoms with van der Waals surface area (Å²) >= 11 is 13.6. The van der Waals surface area contributed by atoms with Crippen LogP contribution in [0.4, 0.5) is 11.4 Å². The van der Waals surface area contributed by atoms with E-state index < -0.39 is 5.91 Å². The second kappa shape index (κ2) is 9.41. The number of carbonyl (C=O) groups excluding carboxylic acids is 1. The van der Waals surface area contributed by atoms with E-state index >= 15 is 0 Å². The monoisotopic (exact) mass is 478 g/mol. The highest BCUT2D eigenvalue weighted by Crippen LogP contribution is 2.31. The van der Waals surface area contributed by atoms with Crippen molar-refractivity contribution in [1.82, 2.24) is 4.98 Å². The molecule has 0 unspecified atom stereocenters. The van der Waals surface area contributed by atoms with Crippen LogP contribution in [0.15, 0.2) is 72.4 Å². The molecule has 0 saturated heterocycles. The molecule has 4 aromatic rings. The fourth-order valence-electron chi connectivity index (χ4n) is 2.95. The number of aryl methyl sites for hydroxylation is 1. The second-order valence-corrected chi connectivity index (χ2v) is 8.83. The summed E-state index contributed by atoms with van der Waals surface area (Å²) in [5.41, 5.74) is 4.19. The van der Waals surface area contributed by atoms with Crippen LogP contribution in [-0.2, 0) is 4.79 Å². The van der Waals surface area contributed by atoms with Gasteiger partial charge in [-0.1, -0.05) is 29.3 Å². The van der Waals surface area contributed by atoms with Crippen molar-refractivity contribution in [3.63, 3.8) is 0 Å². The van der Waals surface area contributed by atoms with Crippen molar-refractivity contribution >= 4 is 62.0 Å². The zero-order valence-electron chi connectivity index (χ0n) is 16.8. The van der Waals surface area contributed by atoms with Crippen molar-refractivity contribution in [2.45, 2.75) is 6.92 Å². The van der Waals surface area contributed by atoms with E-state index in [0.29, 0.717) is 10.7 Å².